The Hall–Kier alpha value is -6.50. The fraction of sp³-hybridized carbons (Fsp3) is 0. The second-order valence-electron chi connectivity index (χ2n) is 14.0. The van der Waals surface area contributed by atoms with Gasteiger partial charge in [-0.05, 0) is 143 Å². The zero-order valence-electron chi connectivity index (χ0n) is 27.2. The highest BCUT2D eigenvalue weighted by atomic mass is 14.2. The molecule has 50 heavy (non-hydrogen) atoms. The van der Waals surface area contributed by atoms with Crippen molar-refractivity contribution in [3.63, 3.8) is 0 Å². The third-order valence-electron chi connectivity index (χ3n) is 11.4. The summed E-state index contributed by atoms with van der Waals surface area (Å²) in [5.41, 5.74) is 0. The van der Waals surface area contributed by atoms with Crippen LogP contribution in [0.4, 0.5) is 0 Å². The lowest BCUT2D eigenvalue weighted by atomic mass is 9.84. The van der Waals surface area contributed by atoms with Crippen LogP contribution in [0, 0.1) is 0 Å². The van der Waals surface area contributed by atoms with E-state index in [1.54, 1.807) is 0 Å². The Labute approximate surface area is 287 Å². The topological polar surface area (TPSA) is 0 Å². The van der Waals surface area contributed by atoms with Gasteiger partial charge in [-0.15, -0.1) is 0 Å². The number of hydrogen-bond donors (Lipinski definition) is 0. The first kappa shape index (κ1) is 26.5. The van der Waals surface area contributed by atoms with Gasteiger partial charge in [-0.1, -0.05) is 146 Å². The van der Waals surface area contributed by atoms with E-state index < -0.39 is 0 Å². The molecule has 0 aliphatic rings. The van der Waals surface area contributed by atoms with Gasteiger partial charge in [0.05, 0.1) is 0 Å². The fourth-order valence-electron chi connectivity index (χ4n) is 9.40. The Morgan fingerprint density at radius 1 is 0.160 bits per heavy atom. The van der Waals surface area contributed by atoms with Gasteiger partial charge in [-0.25, -0.2) is 0 Å². The summed E-state index contributed by atoms with van der Waals surface area (Å²) in [4.78, 5) is 0. The summed E-state index contributed by atoms with van der Waals surface area (Å²) in [5.74, 6) is 0. The normalized spacial score (nSPS) is 12.4. The third kappa shape index (κ3) is 3.40. The minimum atomic E-state index is 1.31. The summed E-state index contributed by atoms with van der Waals surface area (Å²) >= 11 is 0. The van der Waals surface area contributed by atoms with Crippen molar-refractivity contribution in [3.8, 4) is 0 Å². The van der Waals surface area contributed by atoms with Gasteiger partial charge in [-0.2, -0.15) is 0 Å². The molecule has 0 radical (unpaired) electrons. The molecule has 0 saturated heterocycles. The number of benzene rings is 13. The second-order valence-corrected chi connectivity index (χ2v) is 14.0. The molecule has 0 aromatic heterocycles. The first-order chi connectivity index (χ1) is 24.8. The lowest BCUT2D eigenvalue weighted by Crippen LogP contribution is -1.91. The van der Waals surface area contributed by atoms with E-state index in [2.05, 4.69) is 170 Å². The smallest absolute Gasteiger partial charge is 0.00139 e. The van der Waals surface area contributed by atoms with Gasteiger partial charge in [0.15, 0.2) is 0 Å². The summed E-state index contributed by atoms with van der Waals surface area (Å²) in [6.45, 7) is 0. The Morgan fingerprint density at radius 3 is 0.880 bits per heavy atom. The van der Waals surface area contributed by atoms with E-state index in [4.69, 9.17) is 0 Å². The molecule has 13 aromatic rings. The summed E-state index contributed by atoms with van der Waals surface area (Å²) < 4.78 is 0. The number of rotatable bonds is 0. The van der Waals surface area contributed by atoms with E-state index in [9.17, 15) is 0 Å². The zero-order chi connectivity index (χ0) is 32.5. The summed E-state index contributed by atoms with van der Waals surface area (Å²) in [7, 11) is 0. The molecule has 0 aliphatic heterocycles. The quantitative estimate of drug-likeness (QED) is 0.116. The monoisotopic (exact) mass is 628 g/mol. The van der Waals surface area contributed by atoms with Crippen molar-refractivity contribution in [3.05, 3.63) is 170 Å². The van der Waals surface area contributed by atoms with E-state index in [0.29, 0.717) is 0 Å². The van der Waals surface area contributed by atoms with Crippen molar-refractivity contribution in [2.45, 2.75) is 0 Å². The molecule has 0 nitrogen and oxygen atoms in total. The Bertz CT molecular complexity index is 3160. The highest BCUT2D eigenvalue weighted by Gasteiger charge is 2.18. The van der Waals surface area contributed by atoms with Crippen LogP contribution in [0.2, 0.25) is 0 Å². The van der Waals surface area contributed by atoms with Crippen LogP contribution in [0.5, 0.6) is 0 Å². The molecule has 0 aliphatic carbocycles. The van der Waals surface area contributed by atoms with Crippen LogP contribution in [0.1, 0.15) is 0 Å². The van der Waals surface area contributed by atoms with Gasteiger partial charge in [0, 0.05) is 0 Å². The summed E-state index contributed by atoms with van der Waals surface area (Å²) in [6, 6.07) is 62.8. The van der Waals surface area contributed by atoms with Crippen LogP contribution >= 0.6 is 0 Å². The fourth-order valence-corrected chi connectivity index (χ4v) is 9.40. The highest BCUT2D eigenvalue weighted by molar-refractivity contribution is 6.41. The molecular formula is C50H28. The summed E-state index contributed by atoms with van der Waals surface area (Å²) in [6.07, 6.45) is 0. The molecule has 13 aromatic carbocycles. The van der Waals surface area contributed by atoms with Crippen LogP contribution in [0.15, 0.2) is 170 Å². The molecular weight excluding hydrogens is 601 g/mol. The summed E-state index contributed by atoms with van der Waals surface area (Å²) in [5, 5.41) is 29.9. The van der Waals surface area contributed by atoms with E-state index in [-0.39, 0.29) is 0 Å². The van der Waals surface area contributed by atoms with E-state index in [1.807, 2.05) is 0 Å². The maximum atomic E-state index is 2.42. The van der Waals surface area contributed by atoms with Crippen molar-refractivity contribution in [2.24, 2.45) is 0 Å². The Balaban J connectivity index is 0.000000124. The van der Waals surface area contributed by atoms with E-state index in [0.717, 1.165) is 0 Å². The van der Waals surface area contributed by atoms with Crippen LogP contribution in [0.25, 0.3) is 118 Å². The molecule has 228 valence electrons. The Kier molecular flexibility index (Phi) is 5.06. The van der Waals surface area contributed by atoms with Crippen LogP contribution in [-0.4, -0.2) is 0 Å². The molecule has 0 unspecified atom stereocenters. The second kappa shape index (κ2) is 9.56. The first-order valence-electron chi connectivity index (χ1n) is 17.5. The first-order valence-corrected chi connectivity index (χ1v) is 17.5. The molecule has 0 saturated carbocycles. The van der Waals surface area contributed by atoms with Gasteiger partial charge in [0.2, 0.25) is 0 Å². The highest BCUT2D eigenvalue weighted by Crippen LogP contribution is 2.47. The van der Waals surface area contributed by atoms with Gasteiger partial charge < -0.3 is 0 Å². The molecule has 0 bridgehead atoms. The predicted octanol–water partition coefficient (Wildman–Crippen LogP) is 14.4. The van der Waals surface area contributed by atoms with E-state index >= 15 is 0 Å². The van der Waals surface area contributed by atoms with Crippen molar-refractivity contribution >= 4 is 118 Å². The SMILES string of the molecule is c1cc2cccc3c4cccc5cccc(c(c1)c23)c54.c1ccc2c(c1)cc1ccc3cc4c5ccccc5cc5ccc6cc2c1c3c6c54. The minimum absolute atomic E-state index is 1.31. The molecule has 0 amide bonds. The maximum absolute atomic E-state index is 2.42. The van der Waals surface area contributed by atoms with Gasteiger partial charge in [0.1, 0.15) is 0 Å². The minimum Gasteiger partial charge on any atom is -0.0616 e. The zero-order valence-corrected chi connectivity index (χ0v) is 27.2. The third-order valence-corrected chi connectivity index (χ3v) is 11.4. The largest absolute Gasteiger partial charge is 0.0616 e. The molecule has 0 heterocycles. The standard InChI is InChI=1S/C30H16.C20H12/c1-3-7-23-17(5-1)13-19-9-11-22-16-26-24-8-4-2-6-18(24)14-20-10-12-21-15-25(23)27(19)29(22)30(21)28(20)26;1-5-13-6-2-11-17-18-12-4-8-14-7-3-10-16(20(14)18)15(9-1)19(13)17/h1-16H;1-12H. The van der Waals surface area contributed by atoms with Crippen LogP contribution in [0.3, 0.4) is 0 Å². The van der Waals surface area contributed by atoms with Crippen LogP contribution < -0.4 is 0 Å². The van der Waals surface area contributed by atoms with Crippen molar-refractivity contribution in [1.82, 2.24) is 0 Å². The molecule has 0 N–H and O–H groups in total. The van der Waals surface area contributed by atoms with Crippen molar-refractivity contribution in [1.29, 1.82) is 0 Å². The predicted molar refractivity (Wildman–Crippen MR) is 219 cm³/mol. The maximum Gasteiger partial charge on any atom is -0.00139 e. The molecule has 0 spiro atoms. The molecule has 0 atom stereocenters. The molecule has 0 heteroatoms. The van der Waals surface area contributed by atoms with Gasteiger partial charge in [0.25, 0.3) is 0 Å². The Morgan fingerprint density at radius 2 is 0.480 bits per heavy atom. The van der Waals surface area contributed by atoms with Crippen molar-refractivity contribution in [2.75, 3.05) is 0 Å². The molecule has 13 rings (SSSR count). The van der Waals surface area contributed by atoms with Gasteiger partial charge in [-0.3, -0.25) is 0 Å². The van der Waals surface area contributed by atoms with Crippen LogP contribution in [-0.2, 0) is 0 Å². The molecule has 0 fully saturated rings. The van der Waals surface area contributed by atoms with Gasteiger partial charge >= 0.3 is 0 Å². The average Bonchev–Trinajstić information content (AvgIpc) is 3.18. The van der Waals surface area contributed by atoms with E-state index in [1.165, 1.54) is 118 Å². The van der Waals surface area contributed by atoms with Crippen molar-refractivity contribution < 1.29 is 0 Å². The number of hydrogen-bond acceptors (Lipinski definition) is 0. The lowest BCUT2D eigenvalue weighted by Gasteiger charge is -2.19. The number of fused-ring (bicyclic) bond motifs is 6. The lowest BCUT2D eigenvalue weighted by molar-refractivity contribution is 1.78. The average molecular weight is 629 g/mol.